The van der Waals surface area contributed by atoms with E-state index in [0.717, 1.165) is 22.7 Å². The Labute approximate surface area is 145 Å². The van der Waals surface area contributed by atoms with Gasteiger partial charge >= 0.3 is 5.88 Å². The van der Waals surface area contributed by atoms with Crippen LogP contribution in [0.5, 0.6) is 5.75 Å². The van der Waals surface area contributed by atoms with Crippen LogP contribution in [0.25, 0.3) is 0 Å². The number of hydrazone groups is 1. The number of hydrogen-bond acceptors (Lipinski definition) is 6. The van der Waals surface area contributed by atoms with Crippen LogP contribution in [-0.4, -0.2) is 23.7 Å². The molecule has 0 aliphatic heterocycles. The third-order valence-electron chi connectivity index (χ3n) is 2.94. The van der Waals surface area contributed by atoms with Gasteiger partial charge in [0.2, 0.25) is 0 Å². The number of carbonyl (C=O) groups is 1. The van der Waals surface area contributed by atoms with Crippen LogP contribution in [0.1, 0.15) is 18.2 Å². The van der Waals surface area contributed by atoms with Crippen molar-refractivity contribution in [1.82, 2.24) is 5.43 Å². The number of hydrogen-bond donors (Lipinski definition) is 1. The van der Waals surface area contributed by atoms with Gasteiger partial charge in [0.15, 0.2) is 12.4 Å². The Morgan fingerprint density at radius 2 is 2.25 bits per heavy atom. The van der Waals surface area contributed by atoms with Crippen LogP contribution in [0, 0.1) is 10.1 Å². The molecule has 0 fully saturated rings. The van der Waals surface area contributed by atoms with Crippen LogP contribution in [0.2, 0.25) is 0 Å². The second-order valence-electron chi connectivity index (χ2n) is 4.63. The molecule has 0 aliphatic carbocycles. The monoisotopic (exact) mass is 395 g/mol. The summed E-state index contributed by atoms with van der Waals surface area (Å²) in [6.45, 7) is 1.82. The highest BCUT2D eigenvalue weighted by Crippen LogP contribution is 2.26. The number of nitro groups is 1. The summed E-state index contributed by atoms with van der Waals surface area (Å²) < 4.78 is 11.0. The van der Waals surface area contributed by atoms with Crippen molar-refractivity contribution >= 4 is 33.9 Å². The van der Waals surface area contributed by atoms with Gasteiger partial charge in [0.1, 0.15) is 10.7 Å². The highest BCUT2D eigenvalue weighted by atomic mass is 79.9. The molecule has 24 heavy (non-hydrogen) atoms. The fourth-order valence-electron chi connectivity index (χ4n) is 1.73. The number of amides is 1. The molecule has 1 amide bonds. The van der Waals surface area contributed by atoms with Crippen molar-refractivity contribution in [3.05, 3.63) is 56.2 Å². The van der Waals surface area contributed by atoms with Gasteiger partial charge < -0.3 is 9.15 Å². The number of ether oxygens (including phenoxy) is 1. The van der Waals surface area contributed by atoms with Crippen molar-refractivity contribution in [1.29, 1.82) is 0 Å². The van der Waals surface area contributed by atoms with Gasteiger partial charge in [0, 0.05) is 0 Å². The molecule has 2 rings (SSSR count). The van der Waals surface area contributed by atoms with Gasteiger partial charge in [0.05, 0.1) is 16.8 Å². The third kappa shape index (κ3) is 4.92. The van der Waals surface area contributed by atoms with Crippen molar-refractivity contribution < 1.29 is 18.9 Å². The minimum absolute atomic E-state index is 0.154. The molecule has 0 saturated carbocycles. The Morgan fingerprint density at radius 1 is 1.46 bits per heavy atom. The van der Waals surface area contributed by atoms with Crippen LogP contribution in [0.4, 0.5) is 5.88 Å². The van der Waals surface area contributed by atoms with E-state index in [2.05, 4.69) is 26.5 Å². The molecule has 2 aromatic rings. The average molecular weight is 396 g/mol. The number of benzene rings is 1. The quantitative estimate of drug-likeness (QED) is 0.440. The van der Waals surface area contributed by atoms with Crippen LogP contribution >= 0.6 is 15.9 Å². The summed E-state index contributed by atoms with van der Waals surface area (Å²) in [4.78, 5) is 21.5. The molecule has 1 aromatic carbocycles. The van der Waals surface area contributed by atoms with Crippen LogP contribution in [0.15, 0.2) is 44.3 Å². The van der Waals surface area contributed by atoms with Gasteiger partial charge in [0.25, 0.3) is 5.91 Å². The first kappa shape index (κ1) is 17.7. The standard InChI is InChI=1S/C15H14BrN3O5/c1-2-10-3-5-13(12(16)7-10)23-9-14(20)18-17-8-11-4-6-15(24-11)19(21)22/h3-8H,2,9H2,1H3,(H,18,20). The Morgan fingerprint density at radius 3 is 2.88 bits per heavy atom. The molecular formula is C15H14BrN3O5. The number of aryl methyl sites for hydroxylation is 1. The number of carbonyl (C=O) groups excluding carboxylic acids is 1. The Bertz CT molecular complexity index is 772. The smallest absolute Gasteiger partial charge is 0.433 e. The summed E-state index contributed by atoms with van der Waals surface area (Å²) in [7, 11) is 0. The van der Waals surface area contributed by atoms with Crippen molar-refractivity contribution in [2.45, 2.75) is 13.3 Å². The highest BCUT2D eigenvalue weighted by Gasteiger charge is 2.10. The van der Waals surface area contributed by atoms with Crippen molar-refractivity contribution in [3.63, 3.8) is 0 Å². The summed E-state index contributed by atoms with van der Waals surface area (Å²) in [6, 6.07) is 8.19. The number of nitrogens with one attached hydrogen (secondary N) is 1. The van der Waals surface area contributed by atoms with Gasteiger partial charge in [-0.2, -0.15) is 5.10 Å². The van der Waals surface area contributed by atoms with Gasteiger partial charge in [-0.05, 0) is 46.1 Å². The average Bonchev–Trinajstić information content (AvgIpc) is 3.02. The molecular weight excluding hydrogens is 382 g/mol. The summed E-state index contributed by atoms with van der Waals surface area (Å²) in [5.41, 5.74) is 3.39. The third-order valence-corrected chi connectivity index (χ3v) is 3.56. The molecule has 0 aliphatic rings. The topological polar surface area (TPSA) is 107 Å². The molecule has 0 spiro atoms. The summed E-state index contributed by atoms with van der Waals surface area (Å²) in [5.74, 6) is -0.168. The first-order valence-electron chi connectivity index (χ1n) is 6.97. The SMILES string of the molecule is CCc1ccc(OCC(=O)NN=Cc2ccc([N+](=O)[O-])o2)c(Br)c1. The summed E-state index contributed by atoms with van der Waals surface area (Å²) in [5, 5.41) is 14.1. The molecule has 0 unspecified atom stereocenters. The van der Waals surface area contributed by atoms with E-state index in [1.54, 1.807) is 6.07 Å². The zero-order valence-corrected chi connectivity index (χ0v) is 14.3. The fourth-order valence-corrected chi connectivity index (χ4v) is 2.28. The normalized spacial score (nSPS) is 10.8. The molecule has 1 heterocycles. The molecule has 9 heteroatoms. The number of rotatable bonds is 7. The van der Waals surface area contributed by atoms with Gasteiger partial charge in [-0.15, -0.1) is 0 Å². The Balaban J connectivity index is 1.82. The van der Waals surface area contributed by atoms with Crippen LogP contribution < -0.4 is 10.2 Å². The predicted octanol–water partition coefficient (Wildman–Crippen LogP) is 3.04. The van der Waals surface area contributed by atoms with E-state index in [4.69, 9.17) is 9.15 Å². The molecule has 8 nitrogen and oxygen atoms in total. The second-order valence-corrected chi connectivity index (χ2v) is 5.49. The zero-order chi connectivity index (χ0) is 17.5. The number of halogens is 1. The van der Waals surface area contributed by atoms with Crippen LogP contribution in [0.3, 0.4) is 0 Å². The molecule has 0 saturated heterocycles. The van der Waals surface area contributed by atoms with E-state index in [1.807, 2.05) is 19.1 Å². The molecule has 0 radical (unpaired) electrons. The van der Waals surface area contributed by atoms with Crippen molar-refractivity contribution in [2.24, 2.45) is 5.10 Å². The van der Waals surface area contributed by atoms with E-state index in [1.165, 1.54) is 12.1 Å². The molecule has 1 aromatic heterocycles. The largest absolute Gasteiger partial charge is 0.483 e. The highest BCUT2D eigenvalue weighted by molar-refractivity contribution is 9.10. The maximum atomic E-state index is 11.7. The first-order chi connectivity index (χ1) is 11.5. The lowest BCUT2D eigenvalue weighted by molar-refractivity contribution is -0.402. The zero-order valence-electron chi connectivity index (χ0n) is 12.7. The van der Waals surface area contributed by atoms with Gasteiger partial charge in [-0.1, -0.05) is 13.0 Å². The minimum Gasteiger partial charge on any atom is -0.483 e. The number of nitrogens with zero attached hydrogens (tertiary/aromatic N) is 2. The van der Waals surface area contributed by atoms with E-state index in [0.29, 0.717) is 5.75 Å². The predicted molar refractivity (Wildman–Crippen MR) is 90.1 cm³/mol. The lowest BCUT2D eigenvalue weighted by Gasteiger charge is -2.08. The summed E-state index contributed by atoms with van der Waals surface area (Å²) >= 11 is 3.38. The molecule has 1 N–H and O–H groups in total. The molecule has 0 bridgehead atoms. The lowest BCUT2D eigenvalue weighted by atomic mass is 10.2. The van der Waals surface area contributed by atoms with E-state index >= 15 is 0 Å². The molecule has 0 atom stereocenters. The lowest BCUT2D eigenvalue weighted by Crippen LogP contribution is -2.24. The van der Waals surface area contributed by atoms with E-state index in [9.17, 15) is 14.9 Å². The number of furan rings is 1. The van der Waals surface area contributed by atoms with Crippen molar-refractivity contribution in [3.8, 4) is 5.75 Å². The van der Waals surface area contributed by atoms with Gasteiger partial charge in [-0.3, -0.25) is 14.9 Å². The minimum atomic E-state index is -0.661. The second kappa shape index (κ2) is 8.25. The van der Waals surface area contributed by atoms with Crippen LogP contribution in [-0.2, 0) is 11.2 Å². The van der Waals surface area contributed by atoms with E-state index in [-0.39, 0.29) is 12.4 Å². The maximum Gasteiger partial charge on any atom is 0.433 e. The van der Waals surface area contributed by atoms with Crippen molar-refractivity contribution in [2.75, 3.05) is 6.61 Å². The molecule has 126 valence electrons. The Kier molecular flexibility index (Phi) is 6.07. The van der Waals surface area contributed by atoms with E-state index < -0.39 is 16.7 Å². The fraction of sp³-hybridized carbons (Fsp3) is 0.200. The van der Waals surface area contributed by atoms with Gasteiger partial charge in [-0.25, -0.2) is 5.43 Å². The Hall–Kier alpha value is -2.68. The first-order valence-corrected chi connectivity index (χ1v) is 7.76. The maximum absolute atomic E-state index is 11.7. The summed E-state index contributed by atoms with van der Waals surface area (Å²) in [6.07, 6.45) is 2.07.